The first-order valence-corrected chi connectivity index (χ1v) is 6.13. The van der Waals surface area contributed by atoms with Gasteiger partial charge in [-0.15, -0.1) is 0 Å². The summed E-state index contributed by atoms with van der Waals surface area (Å²) in [7, 11) is 0. The van der Waals surface area contributed by atoms with Crippen LogP contribution in [0, 0.1) is 5.92 Å². The highest BCUT2D eigenvalue weighted by Gasteiger charge is 2.28. The molecule has 2 rings (SSSR count). The molecule has 1 amide bonds. The van der Waals surface area contributed by atoms with Crippen LogP contribution in [0.2, 0.25) is 0 Å². The van der Waals surface area contributed by atoms with Crippen LogP contribution in [0.15, 0.2) is 12.5 Å². The second-order valence-electron chi connectivity index (χ2n) is 4.69. The molecule has 18 heavy (non-hydrogen) atoms. The van der Waals surface area contributed by atoms with E-state index in [-0.39, 0.29) is 11.6 Å². The van der Waals surface area contributed by atoms with Crippen LogP contribution in [0.5, 0.6) is 0 Å². The lowest BCUT2D eigenvalue weighted by Crippen LogP contribution is -2.27. The van der Waals surface area contributed by atoms with E-state index in [4.69, 9.17) is 5.11 Å². The summed E-state index contributed by atoms with van der Waals surface area (Å²) in [6, 6.07) is 0. The number of imidazole rings is 1. The number of carbonyl (C=O) groups excluding carboxylic acids is 1. The summed E-state index contributed by atoms with van der Waals surface area (Å²) in [5.74, 6) is -0.477. The lowest BCUT2D eigenvalue weighted by molar-refractivity contribution is -0.129. The third kappa shape index (κ3) is 2.69. The van der Waals surface area contributed by atoms with Crippen LogP contribution in [0.1, 0.15) is 36.7 Å². The molecule has 0 saturated carbocycles. The quantitative estimate of drug-likeness (QED) is 0.852. The van der Waals surface area contributed by atoms with Gasteiger partial charge in [0.05, 0.1) is 13.0 Å². The fourth-order valence-corrected chi connectivity index (χ4v) is 2.34. The van der Waals surface area contributed by atoms with Gasteiger partial charge in [-0.2, -0.15) is 0 Å². The van der Waals surface area contributed by atoms with Gasteiger partial charge in [-0.25, -0.2) is 9.78 Å². The number of amides is 1. The number of nitrogens with zero attached hydrogens (tertiary/aromatic N) is 3. The summed E-state index contributed by atoms with van der Waals surface area (Å²) in [5.41, 5.74) is 0.00625. The van der Waals surface area contributed by atoms with E-state index in [2.05, 4.69) is 11.9 Å². The zero-order valence-electron chi connectivity index (χ0n) is 10.4. The van der Waals surface area contributed by atoms with Crippen molar-refractivity contribution >= 4 is 11.9 Å². The van der Waals surface area contributed by atoms with Crippen LogP contribution in [0.25, 0.3) is 0 Å². The maximum absolute atomic E-state index is 11.8. The number of rotatable bonds is 5. The Hall–Kier alpha value is -1.85. The Labute approximate surface area is 105 Å². The van der Waals surface area contributed by atoms with Gasteiger partial charge in [0, 0.05) is 19.2 Å². The normalized spacial score (nSPS) is 19.5. The number of aromatic nitrogens is 2. The standard InChI is InChI=1S/C12H17N3O3/c1-2-3-9-4-11(16)15(5-9)8-14-6-10(12(17)18)13-7-14/h6-7,9H,2-5,8H2,1H3,(H,17,18). The minimum atomic E-state index is -1.05. The van der Waals surface area contributed by atoms with Crippen molar-refractivity contribution in [2.24, 2.45) is 5.92 Å². The van der Waals surface area contributed by atoms with Gasteiger partial charge in [0.15, 0.2) is 5.69 Å². The average Bonchev–Trinajstić information content (AvgIpc) is 2.88. The average molecular weight is 251 g/mol. The van der Waals surface area contributed by atoms with Gasteiger partial charge < -0.3 is 14.6 Å². The number of carbonyl (C=O) groups is 2. The van der Waals surface area contributed by atoms with Crippen LogP contribution in [-0.2, 0) is 11.5 Å². The number of carboxylic acids is 1. The molecule has 1 aliphatic heterocycles. The van der Waals surface area contributed by atoms with Crippen molar-refractivity contribution in [2.75, 3.05) is 6.54 Å². The molecule has 0 aromatic carbocycles. The van der Waals surface area contributed by atoms with E-state index in [0.29, 0.717) is 19.0 Å². The zero-order chi connectivity index (χ0) is 13.1. The molecule has 0 aliphatic carbocycles. The Morgan fingerprint density at radius 3 is 3.00 bits per heavy atom. The molecule has 6 nitrogen and oxygen atoms in total. The fourth-order valence-electron chi connectivity index (χ4n) is 2.34. The largest absolute Gasteiger partial charge is 0.476 e. The molecule has 6 heteroatoms. The van der Waals surface area contributed by atoms with Crippen molar-refractivity contribution in [1.29, 1.82) is 0 Å². The number of carboxylic acid groups (broad SMARTS) is 1. The maximum Gasteiger partial charge on any atom is 0.356 e. The van der Waals surface area contributed by atoms with Crippen molar-refractivity contribution in [2.45, 2.75) is 32.9 Å². The Kier molecular flexibility index (Phi) is 3.64. The third-order valence-corrected chi connectivity index (χ3v) is 3.18. The molecular formula is C12H17N3O3. The lowest BCUT2D eigenvalue weighted by Gasteiger charge is -2.16. The molecule has 98 valence electrons. The van der Waals surface area contributed by atoms with Gasteiger partial charge in [0.25, 0.3) is 0 Å². The second-order valence-corrected chi connectivity index (χ2v) is 4.69. The van der Waals surface area contributed by atoms with Gasteiger partial charge in [0.2, 0.25) is 5.91 Å². The molecule has 1 aliphatic rings. The van der Waals surface area contributed by atoms with Crippen molar-refractivity contribution in [1.82, 2.24) is 14.5 Å². The Morgan fingerprint density at radius 2 is 2.39 bits per heavy atom. The molecule has 1 unspecified atom stereocenters. The van der Waals surface area contributed by atoms with E-state index in [0.717, 1.165) is 19.4 Å². The molecule has 1 saturated heterocycles. The van der Waals surface area contributed by atoms with E-state index >= 15 is 0 Å². The number of likely N-dealkylation sites (tertiary alicyclic amines) is 1. The van der Waals surface area contributed by atoms with Gasteiger partial charge in [0.1, 0.15) is 0 Å². The van der Waals surface area contributed by atoms with Crippen LogP contribution in [0.4, 0.5) is 0 Å². The Morgan fingerprint density at radius 1 is 1.61 bits per heavy atom. The van der Waals surface area contributed by atoms with Gasteiger partial charge in [-0.05, 0) is 12.3 Å². The molecule has 1 aromatic heterocycles. The smallest absolute Gasteiger partial charge is 0.356 e. The van der Waals surface area contributed by atoms with Crippen molar-refractivity contribution in [3.8, 4) is 0 Å². The predicted octanol–water partition coefficient (Wildman–Crippen LogP) is 1.19. The minimum Gasteiger partial charge on any atom is -0.476 e. The monoisotopic (exact) mass is 251 g/mol. The van der Waals surface area contributed by atoms with E-state index in [1.54, 1.807) is 9.47 Å². The highest BCUT2D eigenvalue weighted by atomic mass is 16.4. The molecular weight excluding hydrogens is 234 g/mol. The van der Waals surface area contributed by atoms with Crippen molar-refractivity contribution in [3.63, 3.8) is 0 Å². The van der Waals surface area contributed by atoms with E-state index < -0.39 is 5.97 Å². The third-order valence-electron chi connectivity index (χ3n) is 3.18. The summed E-state index contributed by atoms with van der Waals surface area (Å²) in [6.45, 7) is 3.26. The Balaban J connectivity index is 1.96. The molecule has 0 bridgehead atoms. The van der Waals surface area contributed by atoms with Gasteiger partial charge in [-0.3, -0.25) is 4.79 Å². The van der Waals surface area contributed by atoms with Gasteiger partial charge >= 0.3 is 5.97 Å². The minimum absolute atomic E-state index is 0.00625. The summed E-state index contributed by atoms with van der Waals surface area (Å²) in [4.78, 5) is 28.0. The molecule has 1 fully saturated rings. The molecule has 0 radical (unpaired) electrons. The van der Waals surface area contributed by atoms with Crippen molar-refractivity contribution in [3.05, 3.63) is 18.2 Å². The molecule has 0 spiro atoms. The fraction of sp³-hybridized carbons (Fsp3) is 0.583. The number of hydrogen-bond acceptors (Lipinski definition) is 3. The van der Waals surface area contributed by atoms with Gasteiger partial charge in [-0.1, -0.05) is 13.3 Å². The Bertz CT molecular complexity index is 455. The number of hydrogen-bond donors (Lipinski definition) is 1. The van der Waals surface area contributed by atoms with Crippen LogP contribution in [0.3, 0.4) is 0 Å². The summed E-state index contributed by atoms with van der Waals surface area (Å²) >= 11 is 0. The second kappa shape index (κ2) is 5.20. The van der Waals surface area contributed by atoms with Crippen LogP contribution in [-0.4, -0.2) is 38.0 Å². The predicted molar refractivity (Wildman–Crippen MR) is 63.9 cm³/mol. The highest BCUT2D eigenvalue weighted by Crippen LogP contribution is 2.22. The molecule has 1 N–H and O–H groups in total. The molecule has 2 heterocycles. The topological polar surface area (TPSA) is 75.4 Å². The number of aromatic carboxylic acids is 1. The maximum atomic E-state index is 11.8. The SMILES string of the molecule is CCCC1CC(=O)N(Cn2cnc(C(=O)O)c2)C1. The first-order chi connectivity index (χ1) is 8.60. The van der Waals surface area contributed by atoms with E-state index in [1.807, 2.05) is 0 Å². The molecule has 1 atom stereocenters. The zero-order valence-corrected chi connectivity index (χ0v) is 10.4. The van der Waals surface area contributed by atoms with E-state index in [1.165, 1.54) is 12.5 Å². The summed E-state index contributed by atoms with van der Waals surface area (Å²) < 4.78 is 1.63. The first kappa shape index (κ1) is 12.6. The molecule has 1 aromatic rings. The summed E-state index contributed by atoms with van der Waals surface area (Å²) in [5, 5.41) is 8.77. The van der Waals surface area contributed by atoms with Crippen LogP contribution >= 0.6 is 0 Å². The van der Waals surface area contributed by atoms with E-state index in [9.17, 15) is 9.59 Å². The first-order valence-electron chi connectivity index (χ1n) is 6.13. The van der Waals surface area contributed by atoms with Crippen LogP contribution < -0.4 is 0 Å². The van der Waals surface area contributed by atoms with Crippen molar-refractivity contribution < 1.29 is 14.7 Å². The lowest BCUT2D eigenvalue weighted by atomic mass is 10.0. The highest BCUT2D eigenvalue weighted by molar-refractivity contribution is 5.84. The summed E-state index contributed by atoms with van der Waals surface area (Å²) in [6.07, 6.45) is 5.65.